The van der Waals surface area contributed by atoms with Crippen LogP contribution in [-0.4, -0.2) is 21.3 Å². The number of carbonyl (C=O) groups excluding carboxylic acids is 2. The predicted molar refractivity (Wildman–Crippen MR) is 95.5 cm³/mol. The molecule has 3 aromatic rings. The lowest BCUT2D eigenvalue weighted by Crippen LogP contribution is -2.17. The zero-order valence-electron chi connectivity index (χ0n) is 14.5. The molecule has 0 radical (unpaired) electrons. The van der Waals surface area contributed by atoms with Gasteiger partial charge in [-0.15, -0.1) is 0 Å². The minimum atomic E-state index is -0.944. The van der Waals surface area contributed by atoms with Crippen LogP contribution in [0.5, 0.6) is 5.75 Å². The highest BCUT2D eigenvalue weighted by Crippen LogP contribution is 2.23. The number of hydrogen-bond acceptors (Lipinski definition) is 5. The average Bonchev–Trinajstić information content (AvgIpc) is 2.94. The van der Waals surface area contributed by atoms with Gasteiger partial charge in [0.25, 0.3) is 0 Å². The fourth-order valence-electron chi connectivity index (χ4n) is 2.84. The first-order chi connectivity index (χ1) is 12.5. The van der Waals surface area contributed by atoms with E-state index in [4.69, 9.17) is 4.74 Å². The van der Waals surface area contributed by atoms with Gasteiger partial charge in [0.2, 0.25) is 0 Å². The van der Waals surface area contributed by atoms with Gasteiger partial charge in [0.05, 0.1) is 17.1 Å². The van der Waals surface area contributed by atoms with Crippen LogP contribution in [0.15, 0.2) is 48.5 Å². The van der Waals surface area contributed by atoms with Crippen molar-refractivity contribution in [2.45, 2.75) is 19.3 Å². The average molecular weight is 347 g/mol. The molecule has 0 bridgehead atoms. The molecule has 1 heterocycles. The Labute approximate surface area is 150 Å². The van der Waals surface area contributed by atoms with Gasteiger partial charge in [-0.3, -0.25) is 9.59 Å². The number of aromatic nitrogens is 2. The van der Waals surface area contributed by atoms with Crippen LogP contribution >= 0.6 is 0 Å². The van der Waals surface area contributed by atoms with Gasteiger partial charge in [-0.05, 0) is 29.8 Å². The zero-order valence-corrected chi connectivity index (χ0v) is 14.5. The van der Waals surface area contributed by atoms with E-state index in [9.17, 15) is 14.9 Å². The van der Waals surface area contributed by atoms with E-state index in [1.165, 1.54) is 6.92 Å². The molecule has 0 spiro atoms. The monoisotopic (exact) mass is 347 g/mol. The Morgan fingerprint density at radius 2 is 1.88 bits per heavy atom. The van der Waals surface area contributed by atoms with Gasteiger partial charge in [0.1, 0.15) is 11.6 Å². The Bertz CT molecular complexity index is 1010. The van der Waals surface area contributed by atoms with E-state index in [1.54, 1.807) is 35.9 Å². The van der Waals surface area contributed by atoms with Crippen LogP contribution in [0.25, 0.3) is 11.0 Å². The molecule has 0 amide bonds. The fraction of sp³-hybridized carbons (Fsp3) is 0.200. The summed E-state index contributed by atoms with van der Waals surface area (Å²) in [5, 5.41) is 9.54. The van der Waals surface area contributed by atoms with Crippen molar-refractivity contribution in [2.75, 3.05) is 0 Å². The van der Waals surface area contributed by atoms with Gasteiger partial charge in [-0.1, -0.05) is 24.3 Å². The van der Waals surface area contributed by atoms with Crippen molar-refractivity contribution in [1.29, 1.82) is 5.26 Å². The van der Waals surface area contributed by atoms with E-state index in [1.807, 2.05) is 24.3 Å². The van der Waals surface area contributed by atoms with Gasteiger partial charge >= 0.3 is 5.97 Å². The summed E-state index contributed by atoms with van der Waals surface area (Å²) in [5.41, 5.74) is 2.37. The number of aryl methyl sites for hydroxylation is 1. The lowest BCUT2D eigenvalue weighted by molar-refractivity contribution is -0.131. The molecule has 1 atom stereocenters. The normalized spacial score (nSPS) is 11.7. The van der Waals surface area contributed by atoms with Crippen molar-refractivity contribution in [1.82, 2.24) is 9.55 Å². The van der Waals surface area contributed by atoms with E-state index in [-0.39, 0.29) is 12.2 Å². The Hall–Kier alpha value is -3.46. The molecule has 26 heavy (non-hydrogen) atoms. The third-order valence-electron chi connectivity index (χ3n) is 4.09. The number of esters is 1. The Morgan fingerprint density at radius 3 is 2.50 bits per heavy atom. The number of Topliss-reactive ketones (excluding diaryl/α,β-unsaturated/α-hetero) is 1. The van der Waals surface area contributed by atoms with Crippen molar-refractivity contribution in [3.05, 3.63) is 59.9 Å². The van der Waals surface area contributed by atoms with Crippen LogP contribution in [0.2, 0.25) is 0 Å². The van der Waals surface area contributed by atoms with Crippen molar-refractivity contribution >= 4 is 22.8 Å². The smallest absolute Gasteiger partial charge is 0.308 e. The summed E-state index contributed by atoms with van der Waals surface area (Å²) in [4.78, 5) is 28.1. The molecule has 130 valence electrons. The summed E-state index contributed by atoms with van der Waals surface area (Å²) in [6.07, 6.45) is 0.0990. The number of carbonyl (C=O) groups is 2. The molecule has 3 rings (SSSR count). The second-order valence-electron chi connectivity index (χ2n) is 5.96. The van der Waals surface area contributed by atoms with Crippen LogP contribution < -0.4 is 4.74 Å². The van der Waals surface area contributed by atoms with E-state index in [2.05, 4.69) is 11.1 Å². The van der Waals surface area contributed by atoms with Crippen LogP contribution in [0.4, 0.5) is 0 Å². The second kappa shape index (κ2) is 7.19. The van der Waals surface area contributed by atoms with Crippen LogP contribution in [0, 0.1) is 11.3 Å². The van der Waals surface area contributed by atoms with E-state index >= 15 is 0 Å². The molecule has 1 unspecified atom stereocenters. The fourth-order valence-corrected chi connectivity index (χ4v) is 2.84. The number of hydrogen-bond donors (Lipinski definition) is 0. The van der Waals surface area contributed by atoms with Crippen molar-refractivity contribution in [3.8, 4) is 11.8 Å². The SMILES string of the molecule is CC(=O)Oc1ccc(CC(=O)C(C#N)c2nc3ccccc3n2C)cc1. The van der Waals surface area contributed by atoms with Gasteiger partial charge in [0, 0.05) is 20.4 Å². The van der Waals surface area contributed by atoms with Crippen LogP contribution in [0.1, 0.15) is 24.2 Å². The number of nitrogens with zero attached hydrogens (tertiary/aromatic N) is 3. The first-order valence-corrected chi connectivity index (χ1v) is 8.10. The largest absolute Gasteiger partial charge is 0.427 e. The summed E-state index contributed by atoms with van der Waals surface area (Å²) >= 11 is 0. The molecule has 6 nitrogen and oxygen atoms in total. The molecule has 0 saturated carbocycles. The Kier molecular flexibility index (Phi) is 4.81. The van der Waals surface area contributed by atoms with E-state index in [0.29, 0.717) is 11.6 Å². The number of ether oxygens (including phenoxy) is 1. The standard InChI is InChI=1S/C20H17N3O3/c1-13(24)26-15-9-7-14(8-10-15)11-19(25)16(12-21)20-22-17-5-3-4-6-18(17)23(20)2/h3-10,16H,11H2,1-2H3. The van der Waals surface area contributed by atoms with E-state index < -0.39 is 11.9 Å². The van der Waals surface area contributed by atoms with Gasteiger partial charge in [0.15, 0.2) is 11.7 Å². The summed E-state index contributed by atoms with van der Waals surface area (Å²) in [7, 11) is 1.80. The van der Waals surface area contributed by atoms with Crippen molar-refractivity contribution < 1.29 is 14.3 Å². The molecule has 0 N–H and O–H groups in total. The number of benzene rings is 2. The van der Waals surface area contributed by atoms with E-state index in [0.717, 1.165) is 16.6 Å². The number of nitriles is 1. The van der Waals surface area contributed by atoms with Crippen molar-refractivity contribution in [3.63, 3.8) is 0 Å². The first kappa shape index (κ1) is 17.4. The molecule has 0 aliphatic carbocycles. The molecule has 0 fully saturated rings. The lowest BCUT2D eigenvalue weighted by Gasteiger charge is -2.09. The quantitative estimate of drug-likeness (QED) is 0.523. The molecule has 1 aromatic heterocycles. The van der Waals surface area contributed by atoms with Crippen molar-refractivity contribution in [2.24, 2.45) is 7.05 Å². The highest BCUT2D eigenvalue weighted by molar-refractivity contribution is 5.90. The third kappa shape index (κ3) is 3.47. The second-order valence-corrected chi connectivity index (χ2v) is 5.96. The number of ketones is 1. The summed E-state index contributed by atoms with van der Waals surface area (Å²) < 4.78 is 6.75. The molecule has 0 aliphatic heterocycles. The predicted octanol–water partition coefficient (Wildman–Crippen LogP) is 2.92. The lowest BCUT2D eigenvalue weighted by atomic mass is 9.98. The summed E-state index contributed by atoms with van der Waals surface area (Å²) in [5.74, 6) is -0.719. The Morgan fingerprint density at radius 1 is 1.19 bits per heavy atom. The molecule has 6 heteroatoms. The maximum Gasteiger partial charge on any atom is 0.308 e. The molecule has 0 saturated heterocycles. The summed E-state index contributed by atoms with van der Waals surface area (Å²) in [6.45, 7) is 1.33. The molecular weight excluding hydrogens is 330 g/mol. The molecule has 0 aliphatic rings. The third-order valence-corrected chi connectivity index (χ3v) is 4.09. The minimum absolute atomic E-state index is 0.0990. The maximum absolute atomic E-state index is 12.7. The van der Waals surface area contributed by atoms with Gasteiger partial charge < -0.3 is 9.30 Å². The topological polar surface area (TPSA) is 85.0 Å². The van der Waals surface area contributed by atoms with Crippen LogP contribution in [0.3, 0.4) is 0 Å². The first-order valence-electron chi connectivity index (χ1n) is 8.10. The number of rotatable bonds is 5. The zero-order chi connectivity index (χ0) is 18.7. The highest BCUT2D eigenvalue weighted by Gasteiger charge is 2.25. The van der Waals surface area contributed by atoms with Gasteiger partial charge in [-0.25, -0.2) is 4.98 Å². The number of fused-ring (bicyclic) bond motifs is 1. The molecular formula is C20H17N3O3. The highest BCUT2D eigenvalue weighted by atomic mass is 16.5. The maximum atomic E-state index is 12.7. The minimum Gasteiger partial charge on any atom is -0.427 e. The Balaban J connectivity index is 1.82. The number of para-hydroxylation sites is 2. The summed E-state index contributed by atoms with van der Waals surface area (Å²) in [6, 6.07) is 16.3. The van der Waals surface area contributed by atoms with Gasteiger partial charge in [-0.2, -0.15) is 5.26 Å². The molecule has 2 aromatic carbocycles. The van der Waals surface area contributed by atoms with Crippen LogP contribution in [-0.2, 0) is 23.1 Å². The number of imidazole rings is 1.